The fourth-order valence-electron chi connectivity index (χ4n) is 4.82. The number of nitrogens with one attached hydrogen (secondary N) is 3. The third-order valence-electron chi connectivity index (χ3n) is 6.94. The van der Waals surface area contributed by atoms with Gasteiger partial charge in [0, 0.05) is 23.3 Å². The second-order valence-corrected chi connectivity index (χ2v) is 9.71. The van der Waals surface area contributed by atoms with Crippen LogP contribution in [-0.2, 0) is 4.79 Å². The standard InChI is InChI=1S/C26H30FN5O4/c1-14-22(26(35)32-18-7-5-17(6-8-18)31-21(34)11-33)24-25(30-14)23(28-13-29-24)19-10-16(27)4-9-20(19)36-12-15-2-3-15/h4,9-10,13,15,17-18,30,33H,2-3,5-8,11-12H2,1H3,(H,31,34)(H,32,35)/t17-,18-. The average Bonchev–Trinajstić information content (AvgIpc) is 3.63. The molecule has 9 nitrogen and oxygen atoms in total. The number of nitrogens with zero attached hydrogens (tertiary/aromatic N) is 2. The number of aromatic nitrogens is 3. The molecule has 5 rings (SSSR count). The molecule has 2 saturated carbocycles. The van der Waals surface area contributed by atoms with Gasteiger partial charge in [0.1, 0.15) is 35.7 Å². The first-order valence-electron chi connectivity index (χ1n) is 12.4. The van der Waals surface area contributed by atoms with Gasteiger partial charge in [0.2, 0.25) is 5.91 Å². The van der Waals surface area contributed by atoms with E-state index < -0.39 is 12.4 Å². The SMILES string of the molecule is Cc1[nH]c2c(-c3cc(F)ccc3OCC3CC3)ncnc2c1C(=O)N[C@H]1CC[C@H](NC(=O)CO)CC1. The largest absolute Gasteiger partial charge is 0.493 e. The highest BCUT2D eigenvalue weighted by molar-refractivity contribution is 6.09. The first-order valence-corrected chi connectivity index (χ1v) is 12.4. The van der Waals surface area contributed by atoms with Crippen molar-refractivity contribution < 1.29 is 23.8 Å². The molecule has 0 spiro atoms. The van der Waals surface area contributed by atoms with Crippen LogP contribution in [-0.4, -0.2) is 57.2 Å². The minimum Gasteiger partial charge on any atom is -0.493 e. The van der Waals surface area contributed by atoms with E-state index >= 15 is 0 Å². The van der Waals surface area contributed by atoms with Crippen LogP contribution in [0.25, 0.3) is 22.3 Å². The summed E-state index contributed by atoms with van der Waals surface area (Å²) >= 11 is 0. The number of amides is 2. The monoisotopic (exact) mass is 495 g/mol. The summed E-state index contributed by atoms with van der Waals surface area (Å²) in [4.78, 5) is 36.7. The highest BCUT2D eigenvalue weighted by atomic mass is 19.1. The number of ether oxygens (including phenoxy) is 1. The molecular formula is C26H30FN5O4. The lowest BCUT2D eigenvalue weighted by molar-refractivity contribution is -0.124. The van der Waals surface area contributed by atoms with Gasteiger partial charge in [-0.1, -0.05) is 0 Å². The number of carbonyl (C=O) groups excluding carboxylic acids is 2. The average molecular weight is 496 g/mol. The molecule has 4 N–H and O–H groups in total. The van der Waals surface area contributed by atoms with Crippen LogP contribution in [0.4, 0.5) is 4.39 Å². The molecule has 0 aliphatic heterocycles. The van der Waals surface area contributed by atoms with E-state index in [-0.39, 0.29) is 23.9 Å². The topological polar surface area (TPSA) is 129 Å². The van der Waals surface area contributed by atoms with Crippen molar-refractivity contribution in [2.45, 2.75) is 57.5 Å². The Morgan fingerprint density at radius 1 is 1.11 bits per heavy atom. The number of carbonyl (C=O) groups is 2. The molecule has 0 bridgehead atoms. The van der Waals surface area contributed by atoms with Gasteiger partial charge in [-0.3, -0.25) is 9.59 Å². The summed E-state index contributed by atoms with van der Waals surface area (Å²) in [5.41, 5.74) is 3.09. The van der Waals surface area contributed by atoms with Crippen LogP contribution in [0.2, 0.25) is 0 Å². The number of aliphatic hydroxyl groups excluding tert-OH is 1. The number of aliphatic hydroxyl groups is 1. The van der Waals surface area contributed by atoms with Gasteiger partial charge in [-0.25, -0.2) is 14.4 Å². The van der Waals surface area contributed by atoms with Crippen molar-refractivity contribution in [2.75, 3.05) is 13.2 Å². The molecule has 0 radical (unpaired) electrons. The fraction of sp³-hybridized carbons (Fsp3) is 0.462. The van der Waals surface area contributed by atoms with Gasteiger partial charge in [-0.15, -0.1) is 0 Å². The summed E-state index contributed by atoms with van der Waals surface area (Å²) in [6.45, 7) is 1.86. The molecule has 2 aliphatic rings. The quantitative estimate of drug-likeness (QED) is 0.380. The van der Waals surface area contributed by atoms with Gasteiger partial charge in [0.25, 0.3) is 5.91 Å². The van der Waals surface area contributed by atoms with Crippen LogP contribution in [0.3, 0.4) is 0 Å². The van der Waals surface area contributed by atoms with E-state index in [1.165, 1.54) is 18.5 Å². The molecule has 2 heterocycles. The van der Waals surface area contributed by atoms with Gasteiger partial charge < -0.3 is 25.5 Å². The maximum absolute atomic E-state index is 14.2. The van der Waals surface area contributed by atoms with Gasteiger partial charge >= 0.3 is 0 Å². The minimum absolute atomic E-state index is 0.00511. The summed E-state index contributed by atoms with van der Waals surface area (Å²) in [5.74, 6) is 0.0639. The van der Waals surface area contributed by atoms with E-state index in [1.54, 1.807) is 13.0 Å². The lowest BCUT2D eigenvalue weighted by atomic mass is 9.91. The van der Waals surface area contributed by atoms with E-state index in [2.05, 4.69) is 25.6 Å². The number of rotatable bonds is 8. The van der Waals surface area contributed by atoms with Crippen molar-refractivity contribution in [3.05, 3.63) is 41.6 Å². The molecule has 36 heavy (non-hydrogen) atoms. The van der Waals surface area contributed by atoms with E-state index in [4.69, 9.17) is 9.84 Å². The van der Waals surface area contributed by atoms with Crippen molar-refractivity contribution in [2.24, 2.45) is 5.92 Å². The lowest BCUT2D eigenvalue weighted by Gasteiger charge is -2.29. The highest BCUT2D eigenvalue weighted by Gasteiger charge is 2.27. The van der Waals surface area contributed by atoms with Crippen LogP contribution >= 0.6 is 0 Å². The normalized spacial score (nSPS) is 19.8. The molecule has 0 unspecified atom stereocenters. The molecule has 2 fully saturated rings. The number of H-pyrrole nitrogens is 1. The maximum Gasteiger partial charge on any atom is 0.255 e. The predicted molar refractivity (Wildman–Crippen MR) is 131 cm³/mol. The van der Waals surface area contributed by atoms with Crippen LogP contribution in [0.15, 0.2) is 24.5 Å². The van der Waals surface area contributed by atoms with Gasteiger partial charge in [0.15, 0.2) is 0 Å². The Kier molecular flexibility index (Phi) is 6.86. The fourth-order valence-corrected chi connectivity index (χ4v) is 4.82. The maximum atomic E-state index is 14.2. The third kappa shape index (κ3) is 5.18. The number of benzene rings is 1. The number of hydrogen-bond donors (Lipinski definition) is 4. The first-order chi connectivity index (χ1) is 17.4. The zero-order valence-electron chi connectivity index (χ0n) is 20.1. The lowest BCUT2D eigenvalue weighted by Crippen LogP contribution is -2.44. The van der Waals surface area contributed by atoms with Crippen molar-refractivity contribution in [3.63, 3.8) is 0 Å². The van der Waals surface area contributed by atoms with Gasteiger partial charge in [-0.05, 0) is 69.6 Å². The number of aryl methyl sites for hydroxylation is 1. The molecule has 2 aliphatic carbocycles. The third-order valence-corrected chi connectivity index (χ3v) is 6.94. The number of hydrogen-bond acceptors (Lipinski definition) is 6. The molecule has 190 valence electrons. The van der Waals surface area contributed by atoms with E-state index in [1.807, 2.05) is 0 Å². The summed E-state index contributed by atoms with van der Waals surface area (Å²) in [6.07, 6.45) is 6.54. The Morgan fingerprint density at radius 2 is 1.83 bits per heavy atom. The van der Waals surface area contributed by atoms with Gasteiger partial charge in [0.05, 0.1) is 17.7 Å². The van der Waals surface area contributed by atoms with Crippen LogP contribution < -0.4 is 15.4 Å². The van der Waals surface area contributed by atoms with E-state index in [9.17, 15) is 14.0 Å². The van der Waals surface area contributed by atoms with E-state index in [0.29, 0.717) is 51.8 Å². The summed E-state index contributed by atoms with van der Waals surface area (Å²) in [5, 5.41) is 14.8. The summed E-state index contributed by atoms with van der Waals surface area (Å²) in [6, 6.07) is 4.35. The highest BCUT2D eigenvalue weighted by Crippen LogP contribution is 2.37. The molecule has 10 heteroatoms. The van der Waals surface area contributed by atoms with Crippen molar-refractivity contribution >= 4 is 22.8 Å². The molecule has 3 aromatic rings. The van der Waals surface area contributed by atoms with Crippen LogP contribution in [0.5, 0.6) is 5.75 Å². The minimum atomic E-state index is -0.524. The van der Waals surface area contributed by atoms with Crippen LogP contribution in [0.1, 0.15) is 54.6 Å². The Hall–Kier alpha value is -3.53. The molecule has 0 saturated heterocycles. The number of fused-ring (bicyclic) bond motifs is 1. The van der Waals surface area contributed by atoms with Crippen molar-refractivity contribution in [1.29, 1.82) is 0 Å². The zero-order valence-corrected chi connectivity index (χ0v) is 20.1. The van der Waals surface area contributed by atoms with Crippen molar-refractivity contribution in [1.82, 2.24) is 25.6 Å². The molecule has 2 aromatic heterocycles. The molecular weight excluding hydrogens is 465 g/mol. The van der Waals surface area contributed by atoms with Crippen LogP contribution in [0, 0.1) is 18.7 Å². The molecule has 2 amide bonds. The molecule has 0 atom stereocenters. The second kappa shape index (κ2) is 10.2. The van der Waals surface area contributed by atoms with Crippen molar-refractivity contribution in [3.8, 4) is 17.0 Å². The Labute approximate surface area is 207 Å². The molecule has 1 aromatic carbocycles. The summed E-state index contributed by atoms with van der Waals surface area (Å²) in [7, 11) is 0. The Morgan fingerprint density at radius 3 is 2.53 bits per heavy atom. The van der Waals surface area contributed by atoms with Gasteiger partial charge in [-0.2, -0.15) is 0 Å². The number of aromatic amines is 1. The Bertz CT molecular complexity index is 1280. The number of halogens is 1. The summed E-state index contributed by atoms with van der Waals surface area (Å²) < 4.78 is 20.2. The zero-order chi connectivity index (χ0) is 25.2. The first kappa shape index (κ1) is 24.2. The smallest absolute Gasteiger partial charge is 0.255 e. The second-order valence-electron chi connectivity index (χ2n) is 9.71. The van der Waals surface area contributed by atoms with E-state index in [0.717, 1.165) is 38.5 Å². The predicted octanol–water partition coefficient (Wildman–Crippen LogP) is 3.01. The Balaban J connectivity index is 1.37.